The van der Waals surface area contributed by atoms with Gasteiger partial charge < -0.3 is 9.05 Å². The molecule has 142 valence electrons. The fourth-order valence-electron chi connectivity index (χ4n) is 2.39. The predicted molar refractivity (Wildman–Crippen MR) is 108 cm³/mol. The van der Waals surface area contributed by atoms with Crippen molar-refractivity contribution < 1.29 is 13.6 Å². The van der Waals surface area contributed by atoms with Gasteiger partial charge in [-0.15, -0.1) is 0 Å². The Hall–Kier alpha value is -0.890. The van der Waals surface area contributed by atoms with Crippen LogP contribution in [0.2, 0.25) is 0 Å². The van der Waals surface area contributed by atoms with Crippen molar-refractivity contribution in [3.05, 3.63) is 42.0 Å². The molecule has 0 N–H and O–H groups in total. The zero-order chi connectivity index (χ0) is 18.2. The van der Waals surface area contributed by atoms with E-state index in [0.717, 1.165) is 51.4 Å². The van der Waals surface area contributed by atoms with Crippen LogP contribution < -0.4 is 0 Å². The zero-order valence-corrected chi connectivity index (χ0v) is 16.9. The van der Waals surface area contributed by atoms with E-state index in [9.17, 15) is 4.57 Å². The van der Waals surface area contributed by atoms with Gasteiger partial charge in [0.1, 0.15) is 0 Å². The second kappa shape index (κ2) is 14.3. The van der Waals surface area contributed by atoms with Crippen LogP contribution in [0.25, 0.3) is 6.08 Å². The Labute approximate surface area is 154 Å². The number of allylic oxidation sites excluding steroid dienone is 1. The van der Waals surface area contributed by atoms with Crippen molar-refractivity contribution in [2.24, 2.45) is 0 Å². The van der Waals surface area contributed by atoms with E-state index in [1.807, 2.05) is 18.2 Å². The van der Waals surface area contributed by atoms with Crippen LogP contribution in [-0.4, -0.2) is 19.4 Å². The first-order chi connectivity index (χ1) is 12.2. The second-order valence-electron chi connectivity index (χ2n) is 6.37. The van der Waals surface area contributed by atoms with Gasteiger partial charge in [-0.25, -0.2) is 0 Å². The molecule has 0 fully saturated rings. The second-order valence-corrected chi connectivity index (χ2v) is 8.56. The number of benzene rings is 1. The molecule has 0 bridgehead atoms. The van der Waals surface area contributed by atoms with Crippen LogP contribution in [0.4, 0.5) is 0 Å². The van der Waals surface area contributed by atoms with Gasteiger partial charge in [-0.1, -0.05) is 75.6 Å². The van der Waals surface area contributed by atoms with E-state index in [4.69, 9.17) is 9.05 Å². The molecule has 0 spiro atoms. The molecule has 0 unspecified atom stereocenters. The smallest absolute Gasteiger partial charge is 0.309 e. The normalized spacial score (nSPS) is 12.1. The highest BCUT2D eigenvalue weighted by molar-refractivity contribution is 7.53. The standard InChI is InChI=1S/C21H35O3P/c1-3-5-18-23-25(22,24-19-6-4-2)20-14-9-7-8-11-15-21-16-12-10-13-17-21/h10-13,15-17H,3-9,14,18-20H2,1-2H3. The number of hydrogen-bond donors (Lipinski definition) is 0. The number of unbranched alkanes of at least 4 members (excludes halogenated alkanes) is 5. The van der Waals surface area contributed by atoms with E-state index < -0.39 is 7.60 Å². The summed E-state index contributed by atoms with van der Waals surface area (Å²) in [6.07, 6.45) is 13.0. The van der Waals surface area contributed by atoms with Gasteiger partial charge in [-0.3, -0.25) is 4.57 Å². The van der Waals surface area contributed by atoms with Crippen LogP contribution >= 0.6 is 7.60 Å². The molecule has 0 aliphatic heterocycles. The molecule has 1 aromatic carbocycles. The minimum Gasteiger partial charge on any atom is -0.309 e. The first kappa shape index (κ1) is 22.2. The molecule has 0 amide bonds. The maximum atomic E-state index is 12.8. The van der Waals surface area contributed by atoms with Gasteiger partial charge in [-0.05, 0) is 37.7 Å². The largest absolute Gasteiger partial charge is 0.330 e. The topological polar surface area (TPSA) is 35.5 Å². The van der Waals surface area contributed by atoms with Gasteiger partial charge in [0.25, 0.3) is 0 Å². The molecule has 0 atom stereocenters. The van der Waals surface area contributed by atoms with E-state index in [2.05, 4.69) is 38.1 Å². The lowest BCUT2D eigenvalue weighted by atomic mass is 10.1. The monoisotopic (exact) mass is 366 g/mol. The molecule has 4 heteroatoms. The Morgan fingerprint density at radius 2 is 1.52 bits per heavy atom. The summed E-state index contributed by atoms with van der Waals surface area (Å²) in [4.78, 5) is 0. The lowest BCUT2D eigenvalue weighted by Gasteiger charge is -2.18. The number of rotatable bonds is 15. The fraction of sp³-hybridized carbons (Fsp3) is 0.619. The molecule has 25 heavy (non-hydrogen) atoms. The van der Waals surface area contributed by atoms with Gasteiger partial charge in [0.15, 0.2) is 0 Å². The van der Waals surface area contributed by atoms with E-state index in [-0.39, 0.29) is 0 Å². The van der Waals surface area contributed by atoms with E-state index in [1.54, 1.807) is 0 Å². The molecule has 0 aliphatic carbocycles. The van der Waals surface area contributed by atoms with Crippen LogP contribution in [0.15, 0.2) is 36.4 Å². The maximum Gasteiger partial charge on any atom is 0.330 e. The van der Waals surface area contributed by atoms with E-state index in [0.29, 0.717) is 19.4 Å². The molecule has 0 aromatic heterocycles. The van der Waals surface area contributed by atoms with Gasteiger partial charge in [-0.2, -0.15) is 0 Å². The molecule has 1 rings (SSSR count). The summed E-state index contributed by atoms with van der Waals surface area (Å²) < 4.78 is 24.0. The van der Waals surface area contributed by atoms with Crippen molar-refractivity contribution in [2.75, 3.05) is 19.4 Å². The van der Waals surface area contributed by atoms with E-state index in [1.165, 1.54) is 5.56 Å². The van der Waals surface area contributed by atoms with Crippen LogP contribution in [0.3, 0.4) is 0 Å². The highest BCUT2D eigenvalue weighted by atomic mass is 31.2. The average Bonchev–Trinajstić information content (AvgIpc) is 2.62. The van der Waals surface area contributed by atoms with Gasteiger partial charge in [0.2, 0.25) is 0 Å². The van der Waals surface area contributed by atoms with Crippen LogP contribution in [0.1, 0.15) is 70.8 Å². The summed E-state index contributed by atoms with van der Waals surface area (Å²) in [5.41, 5.74) is 1.24. The average molecular weight is 366 g/mol. The van der Waals surface area contributed by atoms with Crippen LogP contribution in [0.5, 0.6) is 0 Å². The SMILES string of the molecule is CCCCOP(=O)(CCCCCC=Cc1ccccc1)OCCCC. The third kappa shape index (κ3) is 11.4. The van der Waals surface area contributed by atoms with Gasteiger partial charge in [0.05, 0.1) is 19.4 Å². The minimum absolute atomic E-state index is 0.541. The van der Waals surface area contributed by atoms with Crippen molar-refractivity contribution in [3.63, 3.8) is 0 Å². The molecule has 0 saturated heterocycles. The third-order valence-electron chi connectivity index (χ3n) is 3.98. The Morgan fingerprint density at radius 3 is 2.12 bits per heavy atom. The Bertz CT molecular complexity index is 485. The molecule has 1 aromatic rings. The van der Waals surface area contributed by atoms with Gasteiger partial charge >= 0.3 is 7.60 Å². The first-order valence-electron chi connectivity index (χ1n) is 9.80. The molecule has 0 heterocycles. The van der Waals surface area contributed by atoms with Crippen LogP contribution in [-0.2, 0) is 13.6 Å². The summed E-state index contributed by atoms with van der Waals surface area (Å²) in [7, 11) is -2.90. The highest BCUT2D eigenvalue weighted by Gasteiger charge is 2.23. The molecule has 0 saturated carbocycles. The third-order valence-corrected chi connectivity index (χ3v) is 6.00. The van der Waals surface area contributed by atoms with Gasteiger partial charge in [0, 0.05) is 0 Å². The summed E-state index contributed by atoms with van der Waals surface area (Å²) in [5, 5.41) is 0. The van der Waals surface area contributed by atoms with Crippen molar-refractivity contribution in [1.29, 1.82) is 0 Å². The lowest BCUT2D eigenvalue weighted by Crippen LogP contribution is -2.03. The molecular weight excluding hydrogens is 331 g/mol. The predicted octanol–water partition coefficient (Wildman–Crippen LogP) is 7.09. The van der Waals surface area contributed by atoms with Crippen molar-refractivity contribution in [2.45, 2.75) is 65.2 Å². The highest BCUT2D eigenvalue weighted by Crippen LogP contribution is 2.49. The van der Waals surface area contributed by atoms with Crippen molar-refractivity contribution >= 4 is 13.7 Å². The summed E-state index contributed by atoms with van der Waals surface area (Å²) >= 11 is 0. The van der Waals surface area contributed by atoms with E-state index >= 15 is 0 Å². The maximum absolute atomic E-state index is 12.8. The number of hydrogen-bond acceptors (Lipinski definition) is 3. The van der Waals surface area contributed by atoms with Crippen LogP contribution in [0, 0.1) is 0 Å². The Kier molecular flexibility index (Phi) is 12.7. The summed E-state index contributed by atoms with van der Waals surface area (Å²) in [6.45, 7) is 5.30. The lowest BCUT2D eigenvalue weighted by molar-refractivity contribution is 0.199. The quantitative estimate of drug-likeness (QED) is 0.245. The minimum atomic E-state index is -2.90. The molecule has 3 nitrogen and oxygen atoms in total. The summed E-state index contributed by atoms with van der Waals surface area (Å²) in [6, 6.07) is 10.3. The first-order valence-corrected chi connectivity index (χ1v) is 11.5. The summed E-state index contributed by atoms with van der Waals surface area (Å²) in [5.74, 6) is 0. The zero-order valence-electron chi connectivity index (χ0n) is 16.0. The Balaban J connectivity index is 2.23. The molecular formula is C21H35O3P. The Morgan fingerprint density at radius 1 is 0.880 bits per heavy atom. The van der Waals surface area contributed by atoms with Crippen molar-refractivity contribution in [1.82, 2.24) is 0 Å². The fourth-order valence-corrected chi connectivity index (χ4v) is 4.15. The molecule has 0 aliphatic rings. The van der Waals surface area contributed by atoms with Crippen molar-refractivity contribution in [3.8, 4) is 0 Å². The molecule has 0 radical (unpaired) electrons.